The van der Waals surface area contributed by atoms with E-state index in [1.54, 1.807) is 13.8 Å². The van der Waals surface area contributed by atoms with E-state index < -0.39 is 12.7 Å². The van der Waals surface area contributed by atoms with Gasteiger partial charge in [0.15, 0.2) is 0 Å². The first-order chi connectivity index (χ1) is 8.37. The zero-order chi connectivity index (χ0) is 14.0. The maximum Gasteiger partial charge on any atom is 0.401 e. The summed E-state index contributed by atoms with van der Waals surface area (Å²) >= 11 is 0. The lowest BCUT2D eigenvalue weighted by Gasteiger charge is -2.27. The van der Waals surface area contributed by atoms with Crippen molar-refractivity contribution in [3.05, 3.63) is 0 Å². The normalized spacial score (nSPS) is 12.7. The molecule has 5 heteroatoms. The maximum absolute atomic E-state index is 12.3. The highest BCUT2D eigenvalue weighted by molar-refractivity contribution is 4.68. The molecule has 0 bridgehead atoms. The number of unbranched alkanes of at least 4 members (excludes halogenated alkanes) is 3. The Labute approximate surface area is 109 Å². The molecule has 1 N–H and O–H groups in total. The Morgan fingerprint density at radius 3 is 2.22 bits per heavy atom. The van der Waals surface area contributed by atoms with Gasteiger partial charge < -0.3 is 5.32 Å². The van der Waals surface area contributed by atoms with Crippen molar-refractivity contribution >= 4 is 0 Å². The molecular weight excluding hydrogens is 241 g/mol. The van der Waals surface area contributed by atoms with Crippen molar-refractivity contribution in [3.8, 4) is 0 Å². The molecule has 0 aliphatic heterocycles. The van der Waals surface area contributed by atoms with Gasteiger partial charge in [-0.2, -0.15) is 13.2 Å². The van der Waals surface area contributed by atoms with Crippen molar-refractivity contribution in [1.29, 1.82) is 0 Å². The molecule has 0 aromatic heterocycles. The van der Waals surface area contributed by atoms with Gasteiger partial charge in [0.05, 0.1) is 6.54 Å². The van der Waals surface area contributed by atoms with E-state index in [0.29, 0.717) is 13.1 Å². The predicted octanol–water partition coefficient (Wildman–Crippen LogP) is 3.43. The van der Waals surface area contributed by atoms with Crippen molar-refractivity contribution in [2.24, 2.45) is 0 Å². The van der Waals surface area contributed by atoms with E-state index in [1.165, 1.54) is 24.2 Å². The molecule has 0 heterocycles. The molecule has 0 rings (SSSR count). The minimum Gasteiger partial charge on any atom is -0.315 e. The van der Waals surface area contributed by atoms with Gasteiger partial charge in [0.2, 0.25) is 0 Å². The van der Waals surface area contributed by atoms with Crippen LogP contribution in [0.25, 0.3) is 0 Å². The summed E-state index contributed by atoms with van der Waals surface area (Å²) in [6.45, 7) is 6.91. The molecule has 0 amide bonds. The van der Waals surface area contributed by atoms with Crippen molar-refractivity contribution < 1.29 is 13.2 Å². The molecular formula is C13H27F3N2. The lowest BCUT2D eigenvalue weighted by atomic mass is 10.2. The Morgan fingerprint density at radius 2 is 1.72 bits per heavy atom. The molecule has 0 radical (unpaired) electrons. The molecule has 0 aromatic rings. The maximum atomic E-state index is 12.3. The largest absolute Gasteiger partial charge is 0.401 e. The predicted molar refractivity (Wildman–Crippen MR) is 69.8 cm³/mol. The van der Waals surface area contributed by atoms with E-state index >= 15 is 0 Å². The van der Waals surface area contributed by atoms with E-state index in [0.717, 1.165) is 13.0 Å². The number of nitrogens with zero attached hydrogens (tertiary/aromatic N) is 1. The van der Waals surface area contributed by atoms with Crippen LogP contribution >= 0.6 is 0 Å². The van der Waals surface area contributed by atoms with Crippen LogP contribution in [0.15, 0.2) is 0 Å². The van der Waals surface area contributed by atoms with Crippen molar-refractivity contribution in [1.82, 2.24) is 10.2 Å². The molecule has 0 aliphatic carbocycles. The molecule has 18 heavy (non-hydrogen) atoms. The second kappa shape index (κ2) is 9.62. The number of rotatable bonds is 10. The van der Waals surface area contributed by atoms with Crippen LogP contribution in [0, 0.1) is 0 Å². The quantitative estimate of drug-likeness (QED) is 0.611. The summed E-state index contributed by atoms with van der Waals surface area (Å²) in [6.07, 6.45) is 0.626. The van der Waals surface area contributed by atoms with Crippen molar-refractivity contribution in [3.63, 3.8) is 0 Å². The van der Waals surface area contributed by atoms with Crippen LogP contribution in [0.1, 0.15) is 46.5 Å². The van der Waals surface area contributed by atoms with Crippen LogP contribution in [0.3, 0.4) is 0 Å². The highest BCUT2D eigenvalue weighted by Crippen LogP contribution is 2.17. The fourth-order valence-corrected chi connectivity index (χ4v) is 1.77. The fourth-order valence-electron chi connectivity index (χ4n) is 1.77. The highest BCUT2D eigenvalue weighted by atomic mass is 19.4. The van der Waals surface area contributed by atoms with E-state index in [-0.39, 0.29) is 6.04 Å². The van der Waals surface area contributed by atoms with Crippen LogP contribution in [-0.4, -0.2) is 43.3 Å². The van der Waals surface area contributed by atoms with Crippen LogP contribution in [-0.2, 0) is 0 Å². The lowest BCUT2D eigenvalue weighted by molar-refractivity contribution is -0.149. The van der Waals surface area contributed by atoms with Gasteiger partial charge >= 0.3 is 6.18 Å². The Bertz CT molecular complexity index is 193. The number of alkyl halides is 3. The second-order valence-corrected chi connectivity index (χ2v) is 4.99. The van der Waals surface area contributed by atoms with E-state index in [9.17, 15) is 13.2 Å². The van der Waals surface area contributed by atoms with Crippen LogP contribution in [0.2, 0.25) is 0 Å². The van der Waals surface area contributed by atoms with Crippen molar-refractivity contribution in [2.75, 3.05) is 26.2 Å². The second-order valence-electron chi connectivity index (χ2n) is 4.99. The van der Waals surface area contributed by atoms with Crippen molar-refractivity contribution in [2.45, 2.75) is 58.7 Å². The average molecular weight is 268 g/mol. The number of halogens is 3. The minimum absolute atomic E-state index is 0.0754. The molecule has 0 unspecified atom stereocenters. The van der Waals surface area contributed by atoms with E-state index in [2.05, 4.69) is 12.2 Å². The fraction of sp³-hybridized carbons (Fsp3) is 1.00. The lowest BCUT2D eigenvalue weighted by Crippen LogP contribution is -2.42. The van der Waals surface area contributed by atoms with Gasteiger partial charge in [-0.1, -0.05) is 26.2 Å². The monoisotopic (exact) mass is 268 g/mol. The third-order valence-electron chi connectivity index (χ3n) is 2.90. The molecule has 110 valence electrons. The van der Waals surface area contributed by atoms with Gasteiger partial charge in [-0.25, -0.2) is 0 Å². The summed E-state index contributed by atoms with van der Waals surface area (Å²) < 4.78 is 37.0. The van der Waals surface area contributed by atoms with E-state index in [1.807, 2.05) is 0 Å². The van der Waals surface area contributed by atoms with Gasteiger partial charge in [-0.05, 0) is 26.8 Å². The minimum atomic E-state index is -4.11. The highest BCUT2D eigenvalue weighted by Gasteiger charge is 2.31. The summed E-state index contributed by atoms with van der Waals surface area (Å²) in [4.78, 5) is 1.46. The van der Waals surface area contributed by atoms with Crippen LogP contribution in [0.5, 0.6) is 0 Å². The first-order valence-electron chi connectivity index (χ1n) is 6.88. The number of hydrogen-bond donors (Lipinski definition) is 1. The molecule has 0 aromatic carbocycles. The molecule has 2 nitrogen and oxygen atoms in total. The van der Waals surface area contributed by atoms with Crippen LogP contribution < -0.4 is 5.32 Å². The Balaban J connectivity index is 3.65. The first-order valence-corrected chi connectivity index (χ1v) is 6.88. The summed E-state index contributed by atoms with van der Waals surface area (Å²) in [5.74, 6) is 0. The third kappa shape index (κ3) is 10.8. The van der Waals surface area contributed by atoms with E-state index in [4.69, 9.17) is 0 Å². The average Bonchev–Trinajstić information content (AvgIpc) is 2.24. The molecule has 0 saturated carbocycles. The Kier molecular flexibility index (Phi) is 9.46. The summed E-state index contributed by atoms with van der Waals surface area (Å²) in [6, 6.07) is -0.0754. The standard InChI is InChI=1S/C13H27F3N2/c1-4-5-6-7-8-17-9-10-18(12(2)3)11-13(14,15)16/h12,17H,4-11H2,1-3H3. The molecule has 0 atom stereocenters. The van der Waals surface area contributed by atoms with Crippen LogP contribution in [0.4, 0.5) is 13.2 Å². The SMILES string of the molecule is CCCCCCNCCN(CC(F)(F)F)C(C)C. The topological polar surface area (TPSA) is 15.3 Å². The zero-order valence-corrected chi connectivity index (χ0v) is 11.8. The number of hydrogen-bond acceptors (Lipinski definition) is 2. The Hall–Kier alpha value is -0.290. The molecule has 0 spiro atoms. The van der Waals surface area contributed by atoms with Gasteiger partial charge in [0, 0.05) is 19.1 Å². The summed E-state index contributed by atoms with van der Waals surface area (Å²) in [5.41, 5.74) is 0. The zero-order valence-electron chi connectivity index (χ0n) is 11.8. The molecule has 0 aliphatic rings. The first kappa shape index (κ1) is 17.7. The Morgan fingerprint density at radius 1 is 1.06 bits per heavy atom. The number of nitrogens with one attached hydrogen (secondary N) is 1. The molecule has 0 fully saturated rings. The summed E-state index contributed by atoms with van der Waals surface area (Å²) in [7, 11) is 0. The van der Waals surface area contributed by atoms with Gasteiger partial charge in [0.25, 0.3) is 0 Å². The van der Waals surface area contributed by atoms with Gasteiger partial charge in [-0.15, -0.1) is 0 Å². The third-order valence-corrected chi connectivity index (χ3v) is 2.90. The van der Waals surface area contributed by atoms with Gasteiger partial charge in [0.1, 0.15) is 0 Å². The van der Waals surface area contributed by atoms with Gasteiger partial charge in [-0.3, -0.25) is 4.90 Å². The molecule has 0 saturated heterocycles. The summed E-state index contributed by atoms with van der Waals surface area (Å²) in [5, 5.41) is 3.21. The smallest absolute Gasteiger partial charge is 0.315 e.